The number of likely N-dealkylation sites (N-methyl/N-ethyl adjacent to an activating group) is 1. The molecule has 0 aliphatic heterocycles. The number of aliphatic hydroxyl groups is 1. The van der Waals surface area contributed by atoms with Crippen LogP contribution in [0.2, 0.25) is 0 Å². The lowest BCUT2D eigenvalue weighted by molar-refractivity contribution is -0.870. The maximum absolute atomic E-state index is 13.0. The fraction of sp³-hybridized carbons (Fsp3) is 0.677. The van der Waals surface area contributed by atoms with Crippen molar-refractivity contribution in [3.05, 3.63) is 122 Å². The van der Waals surface area contributed by atoms with E-state index in [0.717, 1.165) is 109 Å². The Bertz CT molecular complexity index is 1620. The number of hydrogen-bond donors (Lipinski definition) is 2. The van der Waals surface area contributed by atoms with Crippen LogP contribution in [0.1, 0.15) is 232 Å². The predicted molar refractivity (Wildman–Crippen MR) is 320 cm³/mol. The first-order valence-corrected chi connectivity index (χ1v) is 31.4. The number of hydrogen-bond acceptors (Lipinski definition) is 6. The molecule has 0 saturated carbocycles. The van der Waals surface area contributed by atoms with Crippen LogP contribution in [0, 0.1) is 0 Å². The summed E-state index contributed by atoms with van der Waals surface area (Å²) in [7, 11) is 1.20. The molecule has 0 spiro atoms. The van der Waals surface area contributed by atoms with Gasteiger partial charge in [-0.1, -0.05) is 245 Å². The van der Waals surface area contributed by atoms with Gasteiger partial charge >= 0.3 is 0 Å². The number of amides is 1. The van der Waals surface area contributed by atoms with Gasteiger partial charge in [0.2, 0.25) is 5.91 Å². The third-order valence-electron chi connectivity index (χ3n) is 12.6. The second-order valence-electron chi connectivity index (χ2n) is 20.9. The summed E-state index contributed by atoms with van der Waals surface area (Å²) in [6, 6.07) is -0.931. The molecule has 8 nitrogen and oxygen atoms in total. The normalized spacial score (nSPS) is 14.7. The molecule has 2 N–H and O–H groups in total. The monoisotopic (exact) mass is 1050 g/mol. The average molecular weight is 1050 g/mol. The van der Waals surface area contributed by atoms with Crippen molar-refractivity contribution in [1.29, 1.82) is 0 Å². The minimum atomic E-state index is -4.63. The van der Waals surface area contributed by atoms with Crippen molar-refractivity contribution in [3.63, 3.8) is 0 Å². The van der Waals surface area contributed by atoms with E-state index in [9.17, 15) is 19.4 Å². The summed E-state index contributed by atoms with van der Waals surface area (Å²) in [5.41, 5.74) is 0. The molecule has 0 radical (unpaired) electrons. The summed E-state index contributed by atoms with van der Waals surface area (Å²) < 4.78 is 23.3. The Morgan fingerprint density at radius 1 is 0.486 bits per heavy atom. The third-order valence-corrected chi connectivity index (χ3v) is 13.6. The first-order valence-electron chi connectivity index (χ1n) is 29.9. The zero-order valence-electron chi connectivity index (χ0n) is 48.2. The maximum Gasteiger partial charge on any atom is 0.268 e. The molecular weight excluding hydrogens is 936 g/mol. The molecule has 0 aromatic rings. The van der Waals surface area contributed by atoms with Crippen LogP contribution in [0.3, 0.4) is 0 Å². The Labute approximate surface area is 456 Å². The molecule has 3 unspecified atom stereocenters. The van der Waals surface area contributed by atoms with Crippen molar-refractivity contribution in [1.82, 2.24) is 5.32 Å². The molecule has 0 aromatic heterocycles. The second-order valence-corrected chi connectivity index (χ2v) is 22.4. The molecule has 9 heteroatoms. The van der Waals surface area contributed by atoms with Crippen molar-refractivity contribution in [2.24, 2.45) is 0 Å². The van der Waals surface area contributed by atoms with Gasteiger partial charge in [0, 0.05) is 6.42 Å². The van der Waals surface area contributed by atoms with Crippen LogP contribution in [0.5, 0.6) is 0 Å². The molecule has 74 heavy (non-hydrogen) atoms. The number of aliphatic hydroxyl groups excluding tert-OH is 1. The number of nitrogens with one attached hydrogen (secondary N) is 1. The first-order chi connectivity index (χ1) is 36.0. The molecular formula is C65H113N2O6P. The summed E-state index contributed by atoms with van der Waals surface area (Å²) in [6.07, 6.45) is 81.4. The van der Waals surface area contributed by atoms with Crippen LogP contribution >= 0.6 is 7.82 Å². The van der Waals surface area contributed by atoms with Gasteiger partial charge in [0.25, 0.3) is 7.82 Å². The summed E-state index contributed by atoms with van der Waals surface area (Å²) in [5, 5.41) is 13.9. The maximum atomic E-state index is 13.0. The fourth-order valence-electron chi connectivity index (χ4n) is 7.99. The minimum absolute atomic E-state index is 0.0201. The van der Waals surface area contributed by atoms with E-state index < -0.39 is 26.6 Å². The Kier molecular flexibility index (Phi) is 52.4. The number of phosphoric ester groups is 1. The zero-order valence-corrected chi connectivity index (χ0v) is 49.1. The topological polar surface area (TPSA) is 108 Å². The van der Waals surface area contributed by atoms with Crippen molar-refractivity contribution in [2.75, 3.05) is 40.9 Å². The fourth-order valence-corrected chi connectivity index (χ4v) is 8.71. The number of carbonyl (C=O) groups excluding carboxylic acids is 1. The predicted octanol–water partition coefficient (Wildman–Crippen LogP) is 17.9. The van der Waals surface area contributed by atoms with E-state index in [2.05, 4.69) is 129 Å². The van der Waals surface area contributed by atoms with Gasteiger partial charge in [-0.15, -0.1) is 0 Å². The highest BCUT2D eigenvalue weighted by atomic mass is 31.2. The van der Waals surface area contributed by atoms with Crippen molar-refractivity contribution in [2.45, 2.75) is 244 Å². The number of allylic oxidation sites excluding steroid dienone is 19. The summed E-state index contributed by atoms with van der Waals surface area (Å²) in [5.74, 6) is -0.234. The molecule has 1 amide bonds. The quantitative estimate of drug-likeness (QED) is 0.0272. The van der Waals surface area contributed by atoms with Crippen LogP contribution in [0.15, 0.2) is 122 Å². The van der Waals surface area contributed by atoms with E-state index in [4.69, 9.17) is 9.05 Å². The summed E-state index contributed by atoms with van der Waals surface area (Å²) in [6.45, 7) is 4.49. The molecule has 0 heterocycles. The molecule has 0 aliphatic carbocycles. The van der Waals surface area contributed by atoms with Crippen molar-refractivity contribution >= 4 is 13.7 Å². The highest BCUT2D eigenvalue weighted by Crippen LogP contribution is 2.38. The van der Waals surface area contributed by atoms with E-state index in [1.54, 1.807) is 6.08 Å². The number of unbranched alkanes of at least 4 members (excludes halogenated alkanes) is 22. The van der Waals surface area contributed by atoms with Gasteiger partial charge in [-0.25, -0.2) is 0 Å². The lowest BCUT2D eigenvalue weighted by Gasteiger charge is -2.29. The Balaban J connectivity index is 4.36. The van der Waals surface area contributed by atoms with E-state index in [0.29, 0.717) is 17.4 Å². The lowest BCUT2D eigenvalue weighted by atomic mass is 10.0. The minimum Gasteiger partial charge on any atom is -0.756 e. The SMILES string of the molecule is CC/C=C\C/C=C\C/C=C\C/C=C\C/C=C\C/C=C\C/C=C\CCCCCCCC(=O)NC(COP(=O)([O-])OCC[N+](C)(C)C)C(O)/C=C/CC/C=C/CC/C=C/CCCCCCCCCCCCCCCCC. The standard InChI is InChI=1S/C65H113N2O6P/c1-6-8-10-12-14-16-18-20-22-24-26-28-30-32-33-35-37-39-41-43-45-47-49-51-53-55-57-59-65(69)66-63(62-73-74(70,71)72-61-60-67(3,4)5)64(68)58-56-54-52-50-48-46-44-42-40-38-36-34-31-29-27-25-23-21-19-17-15-13-11-9-7-2/h8,10,14,16,20,22,26,28,32-33,37,39-40,42-43,45,48,50,56,58,63-64,68H,6-7,9,11-13,15,17-19,21,23-25,27,29-31,34-36,38,41,44,46-47,49,51-55,57,59-62H2,1-5H3,(H-,66,69,70,71)/b10-8-,16-14-,22-20-,28-26-,33-32-,39-37-,42-40+,45-43-,50-48+,58-56+. The van der Waals surface area contributed by atoms with Gasteiger partial charge in [-0.2, -0.15) is 0 Å². The van der Waals surface area contributed by atoms with Crippen LogP contribution in [-0.4, -0.2) is 68.5 Å². The van der Waals surface area contributed by atoms with Crippen LogP contribution in [-0.2, 0) is 18.4 Å². The lowest BCUT2D eigenvalue weighted by Crippen LogP contribution is -2.45. The zero-order chi connectivity index (χ0) is 54.2. The smallest absolute Gasteiger partial charge is 0.268 e. The van der Waals surface area contributed by atoms with Gasteiger partial charge in [0.15, 0.2) is 0 Å². The van der Waals surface area contributed by atoms with E-state index >= 15 is 0 Å². The first kappa shape index (κ1) is 70.9. The molecule has 3 atom stereocenters. The Morgan fingerprint density at radius 2 is 0.838 bits per heavy atom. The van der Waals surface area contributed by atoms with Crippen LogP contribution in [0.25, 0.3) is 0 Å². The Morgan fingerprint density at radius 3 is 1.26 bits per heavy atom. The van der Waals surface area contributed by atoms with E-state index in [1.165, 1.54) is 103 Å². The largest absolute Gasteiger partial charge is 0.756 e. The number of quaternary nitrogens is 1. The molecule has 0 bridgehead atoms. The van der Waals surface area contributed by atoms with Gasteiger partial charge in [-0.05, 0) is 103 Å². The molecule has 0 saturated heterocycles. The average Bonchev–Trinajstić information content (AvgIpc) is 3.36. The molecule has 0 aliphatic rings. The molecule has 0 aromatic carbocycles. The van der Waals surface area contributed by atoms with E-state index in [1.807, 2.05) is 27.2 Å². The Hall–Kier alpha value is -3.10. The third kappa shape index (κ3) is 56.6. The van der Waals surface area contributed by atoms with Gasteiger partial charge < -0.3 is 28.8 Å². The molecule has 0 fully saturated rings. The van der Waals surface area contributed by atoms with Crippen molar-refractivity contribution in [3.8, 4) is 0 Å². The van der Waals surface area contributed by atoms with E-state index in [-0.39, 0.29) is 12.5 Å². The second kappa shape index (κ2) is 54.7. The van der Waals surface area contributed by atoms with Crippen LogP contribution in [0.4, 0.5) is 0 Å². The highest BCUT2D eigenvalue weighted by molar-refractivity contribution is 7.45. The summed E-state index contributed by atoms with van der Waals surface area (Å²) >= 11 is 0. The summed E-state index contributed by atoms with van der Waals surface area (Å²) in [4.78, 5) is 25.5. The number of phosphoric acid groups is 1. The van der Waals surface area contributed by atoms with Crippen LogP contribution < -0.4 is 10.2 Å². The van der Waals surface area contributed by atoms with Crippen molar-refractivity contribution < 1.29 is 32.9 Å². The molecule has 424 valence electrons. The number of nitrogens with zero attached hydrogens (tertiary/aromatic N) is 1. The van der Waals surface area contributed by atoms with Gasteiger partial charge in [-0.3, -0.25) is 9.36 Å². The van der Waals surface area contributed by atoms with Gasteiger partial charge in [0.05, 0.1) is 39.9 Å². The highest BCUT2D eigenvalue weighted by Gasteiger charge is 2.23. The number of rotatable bonds is 53. The molecule has 0 rings (SSSR count). The number of carbonyl (C=O) groups is 1. The van der Waals surface area contributed by atoms with Gasteiger partial charge in [0.1, 0.15) is 13.2 Å².